The standard InChI is InChI=1S/C23H25ClN4O5S/c1-13(2)9-10-27-22(30)17-7-5-15(24)11-18(17)26-23(27)34-14(3)21(29)25-19-12-16(28(31)32)6-8-20(19)33-4/h5-8,11-14H,9-10H2,1-4H3,(H,25,29). The number of nitrogens with zero attached hydrogens (tertiary/aromatic N) is 3. The van der Waals surface area contributed by atoms with Crippen molar-refractivity contribution in [2.45, 2.75) is 44.1 Å². The van der Waals surface area contributed by atoms with Crippen LogP contribution in [0.2, 0.25) is 5.02 Å². The summed E-state index contributed by atoms with van der Waals surface area (Å²) in [5.74, 6) is 0.246. The molecule has 0 bridgehead atoms. The van der Waals surface area contributed by atoms with Gasteiger partial charge in [0, 0.05) is 23.7 Å². The van der Waals surface area contributed by atoms with Gasteiger partial charge in [0.25, 0.3) is 11.2 Å². The monoisotopic (exact) mass is 504 g/mol. The fourth-order valence-electron chi connectivity index (χ4n) is 3.20. The summed E-state index contributed by atoms with van der Waals surface area (Å²) in [7, 11) is 1.41. The number of carbonyl (C=O) groups excluding carboxylic acids is 1. The molecule has 3 aromatic rings. The van der Waals surface area contributed by atoms with Gasteiger partial charge in [-0.25, -0.2) is 4.98 Å². The minimum Gasteiger partial charge on any atom is -0.495 e. The number of nitro groups is 1. The molecule has 1 heterocycles. The van der Waals surface area contributed by atoms with Gasteiger partial charge in [-0.3, -0.25) is 24.3 Å². The molecule has 1 N–H and O–H groups in total. The summed E-state index contributed by atoms with van der Waals surface area (Å²) in [6, 6.07) is 8.87. The lowest BCUT2D eigenvalue weighted by atomic mass is 10.1. The van der Waals surface area contributed by atoms with E-state index in [1.807, 2.05) is 0 Å². The first-order valence-electron chi connectivity index (χ1n) is 10.6. The summed E-state index contributed by atoms with van der Waals surface area (Å²) in [6.07, 6.45) is 0.764. The Morgan fingerprint density at radius 3 is 2.65 bits per heavy atom. The molecule has 1 aromatic heterocycles. The molecule has 9 nitrogen and oxygen atoms in total. The number of thioether (sulfide) groups is 1. The van der Waals surface area contributed by atoms with Crippen molar-refractivity contribution in [1.29, 1.82) is 0 Å². The third-order valence-electron chi connectivity index (χ3n) is 5.12. The van der Waals surface area contributed by atoms with E-state index in [-0.39, 0.29) is 16.9 Å². The van der Waals surface area contributed by atoms with Gasteiger partial charge < -0.3 is 10.1 Å². The summed E-state index contributed by atoms with van der Waals surface area (Å²) in [5.41, 5.74) is 0.267. The number of non-ortho nitro benzene ring substituents is 1. The number of carbonyl (C=O) groups is 1. The van der Waals surface area contributed by atoms with Crippen LogP contribution in [-0.4, -0.2) is 32.7 Å². The Morgan fingerprint density at radius 2 is 2.00 bits per heavy atom. The van der Waals surface area contributed by atoms with Crippen molar-refractivity contribution in [2.24, 2.45) is 5.92 Å². The number of methoxy groups -OCH3 is 1. The first-order valence-corrected chi connectivity index (χ1v) is 11.9. The third-order valence-corrected chi connectivity index (χ3v) is 6.44. The Balaban J connectivity index is 1.92. The molecule has 0 fully saturated rings. The third kappa shape index (κ3) is 5.87. The van der Waals surface area contributed by atoms with Gasteiger partial charge in [-0.15, -0.1) is 0 Å². The molecule has 1 atom stereocenters. The normalized spacial score (nSPS) is 12.1. The number of halogens is 1. The number of fused-ring (bicyclic) bond motifs is 1. The van der Waals surface area contributed by atoms with Crippen molar-refractivity contribution >= 4 is 51.5 Å². The summed E-state index contributed by atoms with van der Waals surface area (Å²) in [6.45, 7) is 6.26. The second-order valence-electron chi connectivity index (χ2n) is 8.09. The minimum absolute atomic E-state index is 0.174. The molecule has 11 heteroatoms. The fraction of sp³-hybridized carbons (Fsp3) is 0.348. The second-order valence-corrected chi connectivity index (χ2v) is 9.83. The Labute approximate surface area is 205 Å². The van der Waals surface area contributed by atoms with Gasteiger partial charge in [0.1, 0.15) is 5.75 Å². The van der Waals surface area contributed by atoms with Crippen molar-refractivity contribution in [3.05, 3.63) is 61.9 Å². The zero-order valence-corrected chi connectivity index (χ0v) is 20.8. The van der Waals surface area contributed by atoms with Gasteiger partial charge in [-0.05, 0) is 43.5 Å². The molecule has 0 saturated heterocycles. The Kier molecular flexibility index (Phi) is 8.16. The quantitative estimate of drug-likeness (QED) is 0.186. The van der Waals surface area contributed by atoms with Gasteiger partial charge in [0.05, 0.1) is 33.9 Å². The number of ether oxygens (including phenoxy) is 1. The van der Waals surface area contributed by atoms with E-state index in [1.165, 1.54) is 25.3 Å². The van der Waals surface area contributed by atoms with Crippen molar-refractivity contribution in [1.82, 2.24) is 9.55 Å². The number of aromatic nitrogens is 2. The highest BCUT2D eigenvalue weighted by Crippen LogP contribution is 2.31. The molecule has 180 valence electrons. The van der Waals surface area contributed by atoms with E-state index in [0.717, 1.165) is 18.2 Å². The average molecular weight is 505 g/mol. The van der Waals surface area contributed by atoms with E-state index in [0.29, 0.717) is 39.3 Å². The van der Waals surface area contributed by atoms with Crippen LogP contribution < -0.4 is 15.6 Å². The lowest BCUT2D eigenvalue weighted by Crippen LogP contribution is -2.27. The van der Waals surface area contributed by atoms with E-state index in [2.05, 4.69) is 24.1 Å². The molecule has 3 rings (SSSR count). The first-order chi connectivity index (χ1) is 16.1. The SMILES string of the molecule is COc1ccc([N+](=O)[O-])cc1NC(=O)C(C)Sc1nc2cc(Cl)ccc2c(=O)n1CCC(C)C. The molecule has 2 aromatic carbocycles. The van der Waals surface area contributed by atoms with Crippen molar-refractivity contribution in [3.8, 4) is 5.75 Å². The minimum atomic E-state index is -0.669. The Hall–Kier alpha value is -3.11. The number of rotatable bonds is 9. The summed E-state index contributed by atoms with van der Waals surface area (Å²) in [4.78, 5) is 41.3. The van der Waals surface area contributed by atoms with Crippen LogP contribution in [0, 0.1) is 16.0 Å². The van der Waals surface area contributed by atoms with E-state index in [1.54, 1.807) is 29.7 Å². The predicted octanol–water partition coefficient (Wildman–Crippen LogP) is 5.13. The van der Waals surface area contributed by atoms with Crippen LogP contribution >= 0.6 is 23.4 Å². The molecule has 0 aliphatic heterocycles. The van der Waals surface area contributed by atoms with E-state index < -0.39 is 16.1 Å². The molecule has 0 saturated carbocycles. The summed E-state index contributed by atoms with van der Waals surface area (Å²) in [5, 5.41) is 14.4. The Morgan fingerprint density at radius 1 is 1.26 bits per heavy atom. The van der Waals surface area contributed by atoms with Gasteiger partial charge >= 0.3 is 0 Å². The lowest BCUT2D eigenvalue weighted by Gasteiger charge is -2.17. The van der Waals surface area contributed by atoms with Crippen molar-refractivity contribution in [3.63, 3.8) is 0 Å². The molecule has 34 heavy (non-hydrogen) atoms. The fourth-order valence-corrected chi connectivity index (χ4v) is 4.30. The number of nitrogens with one attached hydrogen (secondary N) is 1. The highest BCUT2D eigenvalue weighted by atomic mass is 35.5. The Bertz CT molecular complexity index is 1290. The van der Waals surface area contributed by atoms with Crippen molar-refractivity contribution in [2.75, 3.05) is 12.4 Å². The van der Waals surface area contributed by atoms with E-state index in [9.17, 15) is 19.7 Å². The highest BCUT2D eigenvalue weighted by molar-refractivity contribution is 8.00. The molecule has 0 aliphatic rings. The van der Waals surface area contributed by atoms with Crippen LogP contribution in [0.3, 0.4) is 0 Å². The van der Waals surface area contributed by atoms with Crippen molar-refractivity contribution < 1.29 is 14.5 Å². The van der Waals surface area contributed by atoms with Gasteiger partial charge in [0.15, 0.2) is 5.16 Å². The number of nitro benzene ring substituents is 1. The van der Waals surface area contributed by atoms with Crippen LogP contribution in [0.5, 0.6) is 5.75 Å². The molecule has 0 spiro atoms. The van der Waals surface area contributed by atoms with Gasteiger partial charge in [-0.1, -0.05) is 37.2 Å². The number of benzene rings is 2. The maximum Gasteiger partial charge on any atom is 0.271 e. The molecule has 0 aliphatic carbocycles. The summed E-state index contributed by atoms with van der Waals surface area (Å²) >= 11 is 7.23. The summed E-state index contributed by atoms with van der Waals surface area (Å²) < 4.78 is 6.80. The van der Waals surface area contributed by atoms with Crippen LogP contribution in [0.4, 0.5) is 11.4 Å². The topological polar surface area (TPSA) is 116 Å². The molecular weight excluding hydrogens is 480 g/mol. The van der Waals surface area contributed by atoms with Gasteiger partial charge in [-0.2, -0.15) is 0 Å². The first kappa shape index (κ1) is 25.5. The lowest BCUT2D eigenvalue weighted by molar-refractivity contribution is -0.384. The molecular formula is C23H25ClN4O5S. The number of hydrogen-bond acceptors (Lipinski definition) is 7. The maximum atomic E-state index is 13.2. The van der Waals surface area contributed by atoms with Gasteiger partial charge in [0.2, 0.25) is 5.91 Å². The van der Waals surface area contributed by atoms with E-state index >= 15 is 0 Å². The van der Waals surface area contributed by atoms with Crippen LogP contribution in [0.1, 0.15) is 27.2 Å². The number of amides is 1. The van der Waals surface area contributed by atoms with Crippen LogP contribution in [0.15, 0.2) is 46.3 Å². The number of anilines is 1. The average Bonchev–Trinajstić information content (AvgIpc) is 2.78. The van der Waals surface area contributed by atoms with E-state index in [4.69, 9.17) is 16.3 Å². The number of hydrogen-bond donors (Lipinski definition) is 1. The molecule has 1 amide bonds. The smallest absolute Gasteiger partial charge is 0.271 e. The maximum absolute atomic E-state index is 13.2. The zero-order chi connectivity index (χ0) is 25.0. The van der Waals surface area contributed by atoms with Crippen LogP contribution in [0.25, 0.3) is 10.9 Å². The second kappa shape index (κ2) is 10.9. The highest BCUT2D eigenvalue weighted by Gasteiger charge is 2.22. The zero-order valence-electron chi connectivity index (χ0n) is 19.2. The predicted molar refractivity (Wildman–Crippen MR) is 134 cm³/mol. The largest absolute Gasteiger partial charge is 0.495 e. The molecule has 0 radical (unpaired) electrons. The molecule has 1 unspecified atom stereocenters. The van der Waals surface area contributed by atoms with Crippen LogP contribution in [-0.2, 0) is 11.3 Å².